The zero-order valence-corrected chi connectivity index (χ0v) is 27.6. The SMILES string of the molecule is CC1(C)COCCN1CC#CCN1CCN(C(=O)c2cc(C(F)(F)F)cc(C(F)(F)F)c2)[C@H](Cc2cccc3ccccc23)C1.Cl.Cl. The number of halogens is 8. The second kappa shape index (κ2) is 15.5. The highest BCUT2D eigenvalue weighted by atomic mass is 35.5. The number of nitrogens with zero attached hydrogens (tertiary/aromatic N) is 3. The van der Waals surface area contributed by atoms with E-state index in [9.17, 15) is 31.1 Å². The second-order valence-corrected chi connectivity index (χ2v) is 12.2. The standard InChI is InChI=1S/C34H35F6N3O2.2ClH/c1-32(2)23-45-17-16-42(32)13-6-5-12-41-14-15-43(29(22-41)20-25-10-7-9-24-8-3-4-11-30(24)25)31(44)26-18-27(33(35,36)37)21-28(19-26)34(38,39)40;;/h3-4,7-11,18-19,21,29H,12-17,20,22-23H2,1-2H3;2*1H/t29-;;/m1../s1. The molecule has 13 heteroatoms. The first kappa shape index (κ1) is 38.4. The molecule has 2 aliphatic heterocycles. The van der Waals surface area contributed by atoms with Crippen LogP contribution >= 0.6 is 24.8 Å². The summed E-state index contributed by atoms with van der Waals surface area (Å²) in [6.45, 7) is 8.10. The Balaban J connectivity index is 0.00000300. The number of hydrogen-bond acceptors (Lipinski definition) is 4. The topological polar surface area (TPSA) is 36.0 Å². The van der Waals surface area contributed by atoms with Crippen molar-refractivity contribution in [2.24, 2.45) is 0 Å². The van der Waals surface area contributed by atoms with E-state index in [0.29, 0.717) is 57.9 Å². The van der Waals surface area contributed by atoms with E-state index in [1.807, 2.05) is 42.5 Å². The third-order valence-corrected chi connectivity index (χ3v) is 8.51. The van der Waals surface area contributed by atoms with Gasteiger partial charge in [-0.25, -0.2) is 0 Å². The Labute approximate surface area is 283 Å². The molecule has 3 aromatic rings. The molecule has 5 rings (SSSR count). The minimum atomic E-state index is -5.05. The van der Waals surface area contributed by atoms with Gasteiger partial charge in [0, 0.05) is 43.3 Å². The van der Waals surface area contributed by atoms with Crippen LogP contribution in [0.4, 0.5) is 26.3 Å². The second-order valence-electron chi connectivity index (χ2n) is 12.2. The van der Waals surface area contributed by atoms with E-state index in [1.54, 1.807) is 0 Å². The first-order valence-electron chi connectivity index (χ1n) is 14.8. The van der Waals surface area contributed by atoms with Crippen molar-refractivity contribution in [3.8, 4) is 11.8 Å². The Hall–Kier alpha value is -3.01. The van der Waals surface area contributed by atoms with Gasteiger partial charge in [0.25, 0.3) is 5.91 Å². The van der Waals surface area contributed by atoms with Gasteiger partial charge in [-0.3, -0.25) is 14.6 Å². The highest BCUT2D eigenvalue weighted by Crippen LogP contribution is 2.37. The molecule has 5 nitrogen and oxygen atoms in total. The number of carbonyl (C=O) groups is 1. The Morgan fingerprint density at radius 1 is 0.872 bits per heavy atom. The molecule has 0 saturated carbocycles. The van der Waals surface area contributed by atoms with Crippen LogP contribution in [-0.2, 0) is 23.5 Å². The number of hydrogen-bond donors (Lipinski definition) is 0. The number of fused-ring (bicyclic) bond motifs is 1. The van der Waals surface area contributed by atoms with Crippen LogP contribution in [0.5, 0.6) is 0 Å². The normalized spacial score (nSPS) is 18.9. The number of carbonyl (C=O) groups excluding carboxylic acids is 1. The summed E-state index contributed by atoms with van der Waals surface area (Å²) in [4.78, 5) is 19.5. The van der Waals surface area contributed by atoms with Crippen LogP contribution in [0.25, 0.3) is 10.8 Å². The van der Waals surface area contributed by atoms with E-state index < -0.39 is 41.0 Å². The van der Waals surface area contributed by atoms with E-state index >= 15 is 0 Å². The molecule has 0 spiro atoms. The third kappa shape index (κ3) is 9.33. The van der Waals surface area contributed by atoms with Crippen molar-refractivity contribution in [3.05, 3.63) is 82.9 Å². The van der Waals surface area contributed by atoms with E-state index in [4.69, 9.17) is 4.74 Å². The number of ether oxygens (including phenoxy) is 1. The first-order chi connectivity index (χ1) is 21.2. The highest BCUT2D eigenvalue weighted by molar-refractivity contribution is 5.95. The predicted octanol–water partition coefficient (Wildman–Crippen LogP) is 7.20. The summed E-state index contributed by atoms with van der Waals surface area (Å²) in [6.07, 6.45) is -9.73. The number of morpholine rings is 1. The van der Waals surface area contributed by atoms with Gasteiger partial charge < -0.3 is 9.64 Å². The van der Waals surface area contributed by atoms with Gasteiger partial charge in [-0.05, 0) is 54.8 Å². The fraction of sp³-hybridized carbons (Fsp3) is 0.441. The lowest BCUT2D eigenvalue weighted by Crippen LogP contribution is -2.56. The largest absolute Gasteiger partial charge is 0.416 e. The van der Waals surface area contributed by atoms with E-state index in [1.165, 1.54) is 4.90 Å². The summed E-state index contributed by atoms with van der Waals surface area (Å²) >= 11 is 0. The lowest BCUT2D eigenvalue weighted by molar-refractivity contribution is -0.143. The van der Waals surface area contributed by atoms with Crippen LogP contribution in [0.1, 0.15) is 40.9 Å². The monoisotopic (exact) mass is 703 g/mol. The molecule has 0 aliphatic carbocycles. The number of rotatable bonds is 5. The maximum Gasteiger partial charge on any atom is 0.416 e. The van der Waals surface area contributed by atoms with Crippen molar-refractivity contribution in [2.45, 2.75) is 44.2 Å². The van der Waals surface area contributed by atoms with Crippen molar-refractivity contribution >= 4 is 41.5 Å². The average molecular weight is 705 g/mol. The number of amides is 1. The molecule has 3 aromatic carbocycles. The molecule has 0 bridgehead atoms. The van der Waals surface area contributed by atoms with Crippen molar-refractivity contribution in [2.75, 3.05) is 52.5 Å². The zero-order chi connectivity index (χ0) is 32.4. The molecule has 2 saturated heterocycles. The smallest absolute Gasteiger partial charge is 0.378 e. The first-order valence-corrected chi connectivity index (χ1v) is 14.8. The summed E-state index contributed by atoms with van der Waals surface area (Å²) < 4.78 is 87.1. The Kier molecular flexibility index (Phi) is 12.7. The van der Waals surface area contributed by atoms with Crippen LogP contribution < -0.4 is 0 Å². The van der Waals surface area contributed by atoms with E-state index in [0.717, 1.165) is 22.9 Å². The predicted molar refractivity (Wildman–Crippen MR) is 174 cm³/mol. The van der Waals surface area contributed by atoms with Gasteiger partial charge in [-0.2, -0.15) is 26.3 Å². The summed E-state index contributed by atoms with van der Waals surface area (Å²) in [5, 5.41) is 1.96. The van der Waals surface area contributed by atoms with E-state index in [-0.39, 0.29) is 43.0 Å². The molecule has 256 valence electrons. The molecule has 2 fully saturated rings. The fourth-order valence-corrected chi connectivity index (χ4v) is 5.98. The van der Waals surface area contributed by atoms with Crippen LogP contribution in [0.3, 0.4) is 0 Å². The van der Waals surface area contributed by atoms with E-state index in [2.05, 4.69) is 35.5 Å². The van der Waals surface area contributed by atoms with Crippen LogP contribution in [0.2, 0.25) is 0 Å². The zero-order valence-electron chi connectivity index (χ0n) is 26.0. The van der Waals surface area contributed by atoms with Crippen LogP contribution in [-0.4, -0.2) is 84.7 Å². The number of alkyl halides is 6. The average Bonchev–Trinajstić information content (AvgIpc) is 2.99. The van der Waals surface area contributed by atoms with Gasteiger partial charge in [-0.15, -0.1) is 24.8 Å². The molecule has 1 atom stereocenters. The maximum atomic E-state index is 13.8. The molecule has 0 unspecified atom stereocenters. The molecule has 0 aromatic heterocycles. The summed E-state index contributed by atoms with van der Waals surface area (Å²) in [5.41, 5.74) is -2.86. The Bertz CT molecular complexity index is 1560. The molecule has 2 heterocycles. The lowest BCUT2D eigenvalue weighted by Gasteiger charge is -2.41. The Morgan fingerprint density at radius 3 is 2.17 bits per heavy atom. The highest BCUT2D eigenvalue weighted by Gasteiger charge is 2.39. The summed E-state index contributed by atoms with van der Waals surface area (Å²) in [6, 6.07) is 14.1. The van der Waals surface area contributed by atoms with Crippen LogP contribution in [0.15, 0.2) is 60.7 Å². The molecule has 0 radical (unpaired) electrons. The molecule has 2 aliphatic rings. The van der Waals surface area contributed by atoms with Crippen molar-refractivity contribution in [3.63, 3.8) is 0 Å². The van der Waals surface area contributed by atoms with Gasteiger partial charge in [0.2, 0.25) is 0 Å². The molecule has 1 amide bonds. The Morgan fingerprint density at radius 2 is 1.51 bits per heavy atom. The molecular weight excluding hydrogens is 667 g/mol. The van der Waals surface area contributed by atoms with Gasteiger partial charge in [0.1, 0.15) is 0 Å². The van der Waals surface area contributed by atoms with Crippen molar-refractivity contribution in [1.82, 2.24) is 14.7 Å². The molecule has 0 N–H and O–H groups in total. The van der Waals surface area contributed by atoms with Gasteiger partial charge in [-0.1, -0.05) is 54.3 Å². The summed E-state index contributed by atoms with van der Waals surface area (Å²) in [5.74, 6) is 5.59. The fourth-order valence-electron chi connectivity index (χ4n) is 5.98. The lowest BCUT2D eigenvalue weighted by atomic mass is 9.95. The molecular formula is C34H37Cl2F6N3O2. The van der Waals surface area contributed by atoms with Crippen molar-refractivity contribution < 1.29 is 35.9 Å². The van der Waals surface area contributed by atoms with Gasteiger partial charge in [0.05, 0.1) is 37.4 Å². The van der Waals surface area contributed by atoms with Gasteiger partial charge in [0.15, 0.2) is 0 Å². The van der Waals surface area contributed by atoms with Gasteiger partial charge >= 0.3 is 12.4 Å². The number of piperazine rings is 1. The minimum Gasteiger partial charge on any atom is -0.378 e. The van der Waals surface area contributed by atoms with Crippen LogP contribution in [0, 0.1) is 11.8 Å². The molecule has 47 heavy (non-hydrogen) atoms. The maximum absolute atomic E-state index is 13.8. The summed E-state index contributed by atoms with van der Waals surface area (Å²) in [7, 11) is 0. The minimum absolute atomic E-state index is 0. The third-order valence-electron chi connectivity index (χ3n) is 8.51. The van der Waals surface area contributed by atoms with Crippen molar-refractivity contribution in [1.29, 1.82) is 0 Å². The number of benzene rings is 3. The quantitative estimate of drug-likeness (QED) is 0.208.